The van der Waals surface area contributed by atoms with Crippen LogP contribution in [0.15, 0.2) is 18.2 Å². The fourth-order valence-corrected chi connectivity index (χ4v) is 2.72. The Morgan fingerprint density at radius 2 is 2.38 bits per heavy atom. The summed E-state index contributed by atoms with van der Waals surface area (Å²) in [5.41, 5.74) is 7.71. The molecule has 0 radical (unpaired) electrons. The van der Waals surface area contributed by atoms with E-state index in [0.717, 1.165) is 23.7 Å². The molecule has 2 atom stereocenters. The van der Waals surface area contributed by atoms with Gasteiger partial charge in [0.2, 0.25) is 0 Å². The lowest BCUT2D eigenvalue weighted by molar-refractivity contribution is 0.0569. The quantitative estimate of drug-likeness (QED) is 0.862. The Kier molecular flexibility index (Phi) is 3.84. The van der Waals surface area contributed by atoms with E-state index in [4.69, 9.17) is 10.5 Å². The summed E-state index contributed by atoms with van der Waals surface area (Å²) in [6, 6.07) is 4.87. The van der Waals surface area contributed by atoms with Crippen molar-refractivity contribution < 1.29 is 9.13 Å². The molecule has 1 aliphatic rings. The summed E-state index contributed by atoms with van der Waals surface area (Å²) in [7, 11) is 0. The molecular weight excluding hydrogens is 225 g/mol. The molecule has 0 saturated carbocycles. The topological polar surface area (TPSA) is 35.2 Å². The summed E-state index contributed by atoms with van der Waals surface area (Å²) in [4.78, 5) is 0. The van der Waals surface area contributed by atoms with Gasteiger partial charge in [0.25, 0.3) is 0 Å². The van der Waals surface area contributed by atoms with Crippen molar-refractivity contribution in [3.63, 3.8) is 0 Å². The third-order valence-corrected chi connectivity index (χ3v) is 3.83. The number of rotatable bonds is 2. The van der Waals surface area contributed by atoms with Gasteiger partial charge in [0.1, 0.15) is 5.82 Å². The first kappa shape index (κ1) is 11.9. The minimum atomic E-state index is -0.185. The number of aryl methyl sites for hydroxylation is 1. The number of hydrogen-bond donors (Lipinski definition) is 1. The van der Waals surface area contributed by atoms with Crippen molar-refractivity contribution >= 4 is 11.8 Å². The smallest absolute Gasteiger partial charge is 0.126 e. The molecule has 1 aliphatic heterocycles. The molecule has 1 aromatic carbocycles. The number of thioether (sulfide) groups is 1. The number of ether oxygens (including phenoxy) is 1. The average Bonchev–Trinajstić information content (AvgIpc) is 2.33. The van der Waals surface area contributed by atoms with Crippen LogP contribution < -0.4 is 5.73 Å². The molecule has 88 valence electrons. The largest absolute Gasteiger partial charge is 0.375 e. The van der Waals surface area contributed by atoms with E-state index < -0.39 is 0 Å². The van der Waals surface area contributed by atoms with Crippen LogP contribution in [0.3, 0.4) is 0 Å². The lowest BCUT2D eigenvalue weighted by Crippen LogP contribution is -2.34. The molecule has 16 heavy (non-hydrogen) atoms. The van der Waals surface area contributed by atoms with Crippen molar-refractivity contribution in [1.29, 1.82) is 0 Å². The van der Waals surface area contributed by atoms with Crippen molar-refractivity contribution in [3.8, 4) is 0 Å². The normalized spacial score (nSPS) is 23.1. The van der Waals surface area contributed by atoms with Crippen LogP contribution in [0.2, 0.25) is 0 Å². The highest BCUT2D eigenvalue weighted by Gasteiger charge is 2.23. The maximum atomic E-state index is 13.1. The van der Waals surface area contributed by atoms with Gasteiger partial charge in [-0.3, -0.25) is 0 Å². The minimum absolute atomic E-state index is 0.0450. The van der Waals surface area contributed by atoms with Gasteiger partial charge in [-0.2, -0.15) is 11.8 Å². The zero-order valence-electron chi connectivity index (χ0n) is 9.28. The van der Waals surface area contributed by atoms with E-state index in [1.165, 1.54) is 6.07 Å². The van der Waals surface area contributed by atoms with Gasteiger partial charge in [-0.25, -0.2) is 4.39 Å². The van der Waals surface area contributed by atoms with Crippen LogP contribution in [0.25, 0.3) is 0 Å². The van der Waals surface area contributed by atoms with Gasteiger partial charge >= 0.3 is 0 Å². The summed E-state index contributed by atoms with van der Waals surface area (Å²) in [6.45, 7) is 2.51. The predicted molar refractivity (Wildman–Crippen MR) is 65.1 cm³/mol. The Morgan fingerprint density at radius 1 is 1.56 bits per heavy atom. The Balaban J connectivity index is 2.12. The van der Waals surface area contributed by atoms with Gasteiger partial charge in [-0.1, -0.05) is 12.1 Å². The third-order valence-electron chi connectivity index (χ3n) is 2.81. The maximum absolute atomic E-state index is 13.1. The predicted octanol–water partition coefficient (Wildman–Crippen LogP) is 2.27. The number of hydrogen-bond acceptors (Lipinski definition) is 3. The lowest BCUT2D eigenvalue weighted by atomic mass is 10.0. The van der Waals surface area contributed by atoms with Crippen molar-refractivity contribution in [2.24, 2.45) is 5.73 Å². The first-order chi connectivity index (χ1) is 7.68. The van der Waals surface area contributed by atoms with Gasteiger partial charge < -0.3 is 10.5 Å². The number of benzene rings is 1. The molecule has 4 heteroatoms. The highest BCUT2D eigenvalue weighted by Crippen LogP contribution is 2.24. The molecule has 2 unspecified atom stereocenters. The van der Waals surface area contributed by atoms with Gasteiger partial charge in [0.05, 0.1) is 18.8 Å². The molecule has 1 saturated heterocycles. The van der Waals surface area contributed by atoms with E-state index in [2.05, 4.69) is 0 Å². The summed E-state index contributed by atoms with van der Waals surface area (Å²) in [5.74, 6) is 1.76. The van der Waals surface area contributed by atoms with E-state index in [9.17, 15) is 4.39 Å². The van der Waals surface area contributed by atoms with Gasteiger partial charge in [-0.15, -0.1) is 0 Å². The molecule has 0 aliphatic carbocycles. The van der Waals surface area contributed by atoms with Crippen LogP contribution in [0.4, 0.5) is 4.39 Å². The van der Waals surface area contributed by atoms with Crippen LogP contribution in [-0.2, 0) is 4.74 Å². The van der Waals surface area contributed by atoms with Crippen molar-refractivity contribution in [2.45, 2.75) is 19.1 Å². The van der Waals surface area contributed by atoms with Crippen LogP contribution in [-0.4, -0.2) is 24.2 Å². The first-order valence-corrected chi connectivity index (χ1v) is 6.55. The third kappa shape index (κ3) is 2.56. The second kappa shape index (κ2) is 5.17. The fraction of sp³-hybridized carbons (Fsp3) is 0.500. The summed E-state index contributed by atoms with van der Waals surface area (Å²) >= 11 is 1.85. The van der Waals surface area contributed by atoms with E-state index in [1.807, 2.05) is 17.8 Å². The molecule has 2 nitrogen and oxygen atoms in total. The molecule has 0 bridgehead atoms. The first-order valence-electron chi connectivity index (χ1n) is 5.39. The van der Waals surface area contributed by atoms with Crippen LogP contribution in [0.1, 0.15) is 17.2 Å². The highest BCUT2D eigenvalue weighted by atomic mass is 32.2. The number of nitrogens with two attached hydrogens (primary N) is 1. The second-order valence-electron chi connectivity index (χ2n) is 4.02. The zero-order chi connectivity index (χ0) is 11.5. The maximum Gasteiger partial charge on any atom is 0.126 e. The lowest BCUT2D eigenvalue weighted by Gasteiger charge is -2.28. The van der Waals surface area contributed by atoms with Gasteiger partial charge in [-0.05, 0) is 24.1 Å². The molecule has 1 aromatic rings. The summed E-state index contributed by atoms with van der Waals surface area (Å²) in [6.07, 6.45) is 0.0450. The van der Waals surface area contributed by atoms with Crippen molar-refractivity contribution in [2.75, 3.05) is 18.1 Å². The molecule has 2 rings (SSSR count). The molecule has 1 heterocycles. The van der Waals surface area contributed by atoms with Crippen molar-refractivity contribution in [1.82, 2.24) is 0 Å². The average molecular weight is 241 g/mol. The standard InChI is InChI=1S/C12H16FNOS/c1-8-6-9(2-3-10(8)13)12(14)11-7-16-5-4-15-11/h2-3,6,11-12H,4-5,7,14H2,1H3. The SMILES string of the molecule is Cc1cc(C(N)C2CSCCO2)ccc1F. The summed E-state index contributed by atoms with van der Waals surface area (Å²) in [5, 5.41) is 0. The highest BCUT2D eigenvalue weighted by molar-refractivity contribution is 7.99. The van der Waals surface area contributed by atoms with Crippen LogP contribution in [0, 0.1) is 12.7 Å². The molecular formula is C12H16FNOS. The molecule has 0 amide bonds. The fourth-order valence-electron chi connectivity index (χ4n) is 1.80. The molecule has 2 N–H and O–H groups in total. The van der Waals surface area contributed by atoms with E-state index in [1.54, 1.807) is 13.0 Å². The van der Waals surface area contributed by atoms with Gasteiger partial charge in [0.15, 0.2) is 0 Å². The Hall–Kier alpha value is -0.580. The Morgan fingerprint density at radius 3 is 3.00 bits per heavy atom. The monoisotopic (exact) mass is 241 g/mol. The van der Waals surface area contributed by atoms with E-state index in [-0.39, 0.29) is 18.0 Å². The van der Waals surface area contributed by atoms with Gasteiger partial charge in [0, 0.05) is 11.5 Å². The van der Waals surface area contributed by atoms with Crippen LogP contribution in [0.5, 0.6) is 0 Å². The Bertz CT molecular complexity index is 366. The van der Waals surface area contributed by atoms with E-state index in [0.29, 0.717) is 5.56 Å². The zero-order valence-corrected chi connectivity index (χ0v) is 10.1. The summed E-state index contributed by atoms with van der Waals surface area (Å²) < 4.78 is 18.8. The Labute approximate surface area is 99.4 Å². The molecule has 0 aromatic heterocycles. The van der Waals surface area contributed by atoms with Crippen LogP contribution >= 0.6 is 11.8 Å². The van der Waals surface area contributed by atoms with E-state index >= 15 is 0 Å². The minimum Gasteiger partial charge on any atom is -0.375 e. The second-order valence-corrected chi connectivity index (χ2v) is 5.17. The molecule has 0 spiro atoms. The number of halogens is 1. The van der Waals surface area contributed by atoms with Crippen molar-refractivity contribution in [3.05, 3.63) is 35.1 Å². The molecule has 1 fully saturated rings.